The number of hydrogen-bond donors (Lipinski definition) is 3. The maximum atomic E-state index is 8.15. The van der Waals surface area contributed by atoms with Crippen LogP contribution in [0.15, 0.2) is 0 Å². The van der Waals surface area contributed by atoms with Crippen molar-refractivity contribution < 1.29 is 5.11 Å². The number of rotatable bonds is 3. The molecule has 0 aromatic rings. The van der Waals surface area contributed by atoms with Gasteiger partial charge in [0.25, 0.3) is 0 Å². The number of hydrogen-bond acceptors (Lipinski definition) is 3. The summed E-state index contributed by atoms with van der Waals surface area (Å²) in [6.45, 7) is 2.57. The summed E-state index contributed by atoms with van der Waals surface area (Å²) in [5.74, 6) is 0. The van der Waals surface area contributed by atoms with Crippen LogP contribution in [-0.4, -0.2) is 24.4 Å². The molecule has 0 saturated carbocycles. The lowest BCUT2D eigenvalue weighted by molar-refractivity contribution is 0.258. The van der Waals surface area contributed by atoms with Crippen LogP contribution in [-0.2, 0) is 0 Å². The van der Waals surface area contributed by atoms with E-state index in [0.29, 0.717) is 6.54 Å². The summed E-state index contributed by atoms with van der Waals surface area (Å²) in [5.41, 5.74) is 5.30. The zero-order valence-corrected chi connectivity index (χ0v) is 4.52. The first-order valence-electron chi connectivity index (χ1n) is 2.34. The molecule has 0 rings (SSSR count). The highest BCUT2D eigenvalue weighted by Crippen LogP contribution is 1.65. The average molecular weight is 104 g/mol. The maximum Gasteiger partial charge on any atom is 0.0932 e. The van der Waals surface area contributed by atoms with Crippen molar-refractivity contribution in [3.63, 3.8) is 0 Å². The van der Waals surface area contributed by atoms with E-state index >= 15 is 0 Å². The third kappa shape index (κ3) is 5.88. The molecule has 0 aromatic heterocycles. The highest BCUT2D eigenvalue weighted by atomic mass is 16.3. The van der Waals surface area contributed by atoms with Crippen LogP contribution in [0.4, 0.5) is 0 Å². The molecule has 3 nitrogen and oxygen atoms in total. The van der Waals surface area contributed by atoms with E-state index in [-0.39, 0.29) is 12.8 Å². The number of nitrogens with two attached hydrogens (primary N) is 1. The monoisotopic (exact) mass is 104 g/mol. The van der Waals surface area contributed by atoms with E-state index in [1.165, 1.54) is 0 Å². The summed E-state index contributed by atoms with van der Waals surface area (Å²) in [4.78, 5) is 0. The molecular formula is C4H12N2O. The second-order valence-electron chi connectivity index (χ2n) is 1.59. The lowest BCUT2D eigenvalue weighted by Crippen LogP contribution is -2.31. The first-order chi connectivity index (χ1) is 3.27. The van der Waals surface area contributed by atoms with E-state index in [4.69, 9.17) is 10.8 Å². The molecule has 44 valence electrons. The smallest absolute Gasteiger partial charge is 0.0932 e. The molecule has 0 bridgehead atoms. The van der Waals surface area contributed by atoms with Crippen LogP contribution in [0.5, 0.6) is 0 Å². The Balaban J connectivity index is 2.68. The molecule has 0 unspecified atom stereocenters. The minimum Gasteiger partial charge on any atom is -0.381 e. The van der Waals surface area contributed by atoms with Gasteiger partial charge in [-0.25, -0.2) is 0 Å². The Kier molecular flexibility index (Phi) is 3.98. The van der Waals surface area contributed by atoms with Gasteiger partial charge in [-0.1, -0.05) is 0 Å². The predicted octanol–water partition coefficient (Wildman–Crippen LogP) is -1.13. The summed E-state index contributed by atoms with van der Waals surface area (Å²) >= 11 is 0. The highest BCUT2D eigenvalue weighted by Gasteiger charge is 1.87. The van der Waals surface area contributed by atoms with Crippen molar-refractivity contribution in [3.8, 4) is 0 Å². The second-order valence-corrected chi connectivity index (χ2v) is 1.59. The van der Waals surface area contributed by atoms with Crippen LogP contribution in [0.25, 0.3) is 0 Å². The van der Waals surface area contributed by atoms with Gasteiger partial charge in [-0.3, -0.25) is 5.32 Å². The fourth-order valence-corrected chi connectivity index (χ4v) is 0.292. The van der Waals surface area contributed by atoms with Gasteiger partial charge < -0.3 is 10.8 Å². The Morgan fingerprint density at radius 2 is 2.43 bits per heavy atom. The van der Waals surface area contributed by atoms with Gasteiger partial charge in [-0.05, 0) is 6.92 Å². The van der Waals surface area contributed by atoms with E-state index in [1.807, 2.05) is 6.92 Å². The first kappa shape index (κ1) is 6.88. The van der Waals surface area contributed by atoms with Gasteiger partial charge in [-0.2, -0.15) is 0 Å². The topological polar surface area (TPSA) is 58.3 Å². The fraction of sp³-hybridized carbons (Fsp3) is 1.00. The third-order valence-corrected chi connectivity index (χ3v) is 0.578. The molecule has 0 aliphatic heterocycles. The lowest BCUT2D eigenvalue weighted by atomic mass is 10.4. The summed E-state index contributed by atoms with van der Waals surface area (Å²) in [5, 5.41) is 10.8. The van der Waals surface area contributed by atoms with Gasteiger partial charge in [0.2, 0.25) is 0 Å². The highest BCUT2D eigenvalue weighted by molar-refractivity contribution is 4.52. The molecule has 0 aliphatic carbocycles. The molecule has 3 heteroatoms. The summed E-state index contributed by atoms with van der Waals surface area (Å²) in [7, 11) is 0. The minimum atomic E-state index is 0.0154. The number of aliphatic hydroxyl groups is 1. The van der Waals surface area contributed by atoms with Crippen LogP contribution >= 0.6 is 0 Å². The maximum absolute atomic E-state index is 8.15. The fourth-order valence-electron chi connectivity index (χ4n) is 0.292. The minimum absolute atomic E-state index is 0.0154. The van der Waals surface area contributed by atoms with E-state index in [1.54, 1.807) is 0 Å². The summed E-state index contributed by atoms with van der Waals surface area (Å²) in [6, 6.07) is 0.132. The molecule has 4 N–H and O–H groups in total. The first-order valence-corrected chi connectivity index (χ1v) is 2.34. The van der Waals surface area contributed by atoms with Gasteiger partial charge >= 0.3 is 0 Å². The van der Waals surface area contributed by atoms with Gasteiger partial charge in [0.1, 0.15) is 0 Å². The van der Waals surface area contributed by atoms with Crippen molar-refractivity contribution in [1.29, 1.82) is 0 Å². The second kappa shape index (κ2) is 4.05. The quantitative estimate of drug-likeness (QED) is 0.397. The normalized spacial score (nSPS) is 14.1. The Bertz CT molecular complexity index is 38.7. The summed E-state index contributed by atoms with van der Waals surface area (Å²) in [6.07, 6.45) is 0. The largest absolute Gasteiger partial charge is 0.381 e. The standard InChI is InChI=1S/C4H12N2O/c1-4(5)2-6-3-7/h4,6-7H,2-3,5H2,1H3/t4-/m0/s1. The molecule has 0 amide bonds. The Morgan fingerprint density at radius 1 is 1.86 bits per heavy atom. The van der Waals surface area contributed by atoms with Gasteiger partial charge in [0.05, 0.1) is 6.73 Å². The SMILES string of the molecule is C[C@H](N)CNCO. The molecule has 0 aromatic carbocycles. The van der Waals surface area contributed by atoms with E-state index in [9.17, 15) is 0 Å². The predicted molar refractivity (Wildman–Crippen MR) is 28.7 cm³/mol. The molecule has 0 heterocycles. The van der Waals surface area contributed by atoms with E-state index in [0.717, 1.165) is 0 Å². The van der Waals surface area contributed by atoms with Crippen molar-refractivity contribution in [2.24, 2.45) is 5.73 Å². The average Bonchev–Trinajstić information content (AvgIpc) is 1.61. The van der Waals surface area contributed by atoms with Crippen molar-refractivity contribution in [1.82, 2.24) is 5.32 Å². The summed E-state index contributed by atoms with van der Waals surface area (Å²) < 4.78 is 0. The number of aliphatic hydroxyl groups excluding tert-OH is 1. The van der Waals surface area contributed by atoms with E-state index < -0.39 is 0 Å². The van der Waals surface area contributed by atoms with Crippen molar-refractivity contribution in [3.05, 3.63) is 0 Å². The molecule has 0 spiro atoms. The van der Waals surface area contributed by atoms with E-state index in [2.05, 4.69) is 5.32 Å². The molecule has 0 aliphatic rings. The van der Waals surface area contributed by atoms with Crippen molar-refractivity contribution >= 4 is 0 Å². The third-order valence-electron chi connectivity index (χ3n) is 0.578. The molecule has 0 fully saturated rings. The molecule has 0 saturated heterocycles. The molecule has 1 atom stereocenters. The van der Waals surface area contributed by atoms with Crippen LogP contribution in [0.2, 0.25) is 0 Å². The Labute approximate surface area is 43.5 Å². The number of nitrogens with one attached hydrogen (secondary N) is 1. The Morgan fingerprint density at radius 3 is 2.57 bits per heavy atom. The van der Waals surface area contributed by atoms with Crippen LogP contribution in [0, 0.1) is 0 Å². The molecule has 0 radical (unpaired) electrons. The van der Waals surface area contributed by atoms with Crippen LogP contribution < -0.4 is 11.1 Å². The molecule has 7 heavy (non-hydrogen) atoms. The zero-order valence-electron chi connectivity index (χ0n) is 4.52. The molecular weight excluding hydrogens is 92.1 g/mol. The lowest BCUT2D eigenvalue weighted by Gasteiger charge is -2.01. The Hall–Kier alpha value is -0.120. The van der Waals surface area contributed by atoms with Crippen LogP contribution in [0.3, 0.4) is 0 Å². The van der Waals surface area contributed by atoms with Crippen molar-refractivity contribution in [2.75, 3.05) is 13.3 Å². The van der Waals surface area contributed by atoms with Gasteiger partial charge in [0, 0.05) is 12.6 Å². The van der Waals surface area contributed by atoms with Gasteiger partial charge in [-0.15, -0.1) is 0 Å². The van der Waals surface area contributed by atoms with Crippen LogP contribution in [0.1, 0.15) is 6.92 Å². The van der Waals surface area contributed by atoms with Crippen molar-refractivity contribution in [2.45, 2.75) is 13.0 Å². The van der Waals surface area contributed by atoms with Gasteiger partial charge in [0.15, 0.2) is 0 Å². The zero-order chi connectivity index (χ0) is 5.70.